The van der Waals surface area contributed by atoms with Crippen molar-refractivity contribution in [2.45, 2.75) is 13.8 Å². The molecule has 17 heavy (non-hydrogen) atoms. The second-order valence-electron chi connectivity index (χ2n) is 3.99. The van der Waals surface area contributed by atoms with Crippen molar-refractivity contribution in [1.29, 1.82) is 0 Å². The topological polar surface area (TPSA) is 43.0 Å². The van der Waals surface area contributed by atoms with Gasteiger partial charge in [0.15, 0.2) is 5.11 Å². The highest BCUT2D eigenvalue weighted by molar-refractivity contribution is 7.80. The molecule has 0 atom stereocenters. The van der Waals surface area contributed by atoms with Gasteiger partial charge in [-0.05, 0) is 56.4 Å². The summed E-state index contributed by atoms with van der Waals surface area (Å²) in [5, 5.41) is 3.22. The Hall–Kier alpha value is -1.81. The van der Waals surface area contributed by atoms with Crippen LogP contribution in [-0.4, -0.2) is 9.68 Å². The van der Waals surface area contributed by atoms with Gasteiger partial charge in [-0.15, -0.1) is 0 Å². The maximum atomic E-state index is 5.47. The number of hydrogen-bond donors (Lipinski definition) is 2. The van der Waals surface area contributed by atoms with Gasteiger partial charge in [-0.2, -0.15) is 0 Å². The normalized spacial score (nSPS) is 10.2. The smallest absolute Gasteiger partial charge is 0.168 e. The molecule has 88 valence electrons. The highest BCUT2D eigenvalue weighted by atomic mass is 32.1. The number of nitrogens with zero attached hydrogens (tertiary/aromatic N) is 1. The Morgan fingerprint density at radius 3 is 2.41 bits per heavy atom. The summed E-state index contributed by atoms with van der Waals surface area (Å²) >= 11 is 4.83. The number of nitrogens with one attached hydrogen (secondary N) is 1. The summed E-state index contributed by atoms with van der Waals surface area (Å²) in [7, 11) is 0. The lowest BCUT2D eigenvalue weighted by Crippen LogP contribution is -2.18. The number of benzene rings is 1. The number of nitrogens with two attached hydrogens (primary N) is 1. The number of aromatic nitrogens is 1. The van der Waals surface area contributed by atoms with Crippen LogP contribution in [0.3, 0.4) is 0 Å². The van der Waals surface area contributed by atoms with Gasteiger partial charge in [-0.25, -0.2) is 0 Å². The second-order valence-corrected chi connectivity index (χ2v) is 4.43. The Bertz CT molecular complexity index is 538. The van der Waals surface area contributed by atoms with E-state index in [-0.39, 0.29) is 5.11 Å². The molecular formula is C13H15N3S. The number of anilines is 1. The van der Waals surface area contributed by atoms with Crippen LogP contribution in [0.4, 0.5) is 5.69 Å². The van der Waals surface area contributed by atoms with Crippen molar-refractivity contribution in [3.8, 4) is 5.69 Å². The van der Waals surface area contributed by atoms with Crippen LogP contribution in [0.1, 0.15) is 11.4 Å². The molecule has 0 aliphatic rings. The molecule has 1 aromatic carbocycles. The first-order chi connectivity index (χ1) is 8.08. The predicted molar refractivity (Wildman–Crippen MR) is 75.7 cm³/mol. The number of aryl methyl sites for hydroxylation is 2. The van der Waals surface area contributed by atoms with Gasteiger partial charge in [0.05, 0.1) is 0 Å². The molecule has 3 nitrogen and oxygen atoms in total. The first kappa shape index (κ1) is 11.7. The molecule has 0 fully saturated rings. The van der Waals surface area contributed by atoms with E-state index in [0.717, 1.165) is 11.4 Å². The third-order valence-corrected chi connectivity index (χ3v) is 2.75. The van der Waals surface area contributed by atoms with Crippen LogP contribution >= 0.6 is 12.2 Å². The van der Waals surface area contributed by atoms with E-state index in [1.165, 1.54) is 11.4 Å². The van der Waals surface area contributed by atoms with Crippen LogP contribution in [0.15, 0.2) is 36.4 Å². The fourth-order valence-electron chi connectivity index (χ4n) is 1.94. The van der Waals surface area contributed by atoms with Crippen LogP contribution in [0.25, 0.3) is 5.69 Å². The van der Waals surface area contributed by atoms with Crippen molar-refractivity contribution in [1.82, 2.24) is 4.57 Å². The zero-order valence-corrected chi connectivity index (χ0v) is 10.7. The Morgan fingerprint density at radius 1 is 1.18 bits per heavy atom. The lowest BCUT2D eigenvalue weighted by atomic mass is 10.2. The molecular weight excluding hydrogens is 230 g/mol. The lowest BCUT2D eigenvalue weighted by Gasteiger charge is -2.11. The maximum absolute atomic E-state index is 5.47. The van der Waals surface area contributed by atoms with Crippen molar-refractivity contribution >= 4 is 23.0 Å². The minimum Gasteiger partial charge on any atom is -0.376 e. The van der Waals surface area contributed by atoms with Gasteiger partial charge >= 0.3 is 0 Å². The monoisotopic (exact) mass is 245 g/mol. The summed E-state index contributed by atoms with van der Waals surface area (Å²) in [6.45, 7) is 4.17. The zero-order chi connectivity index (χ0) is 12.4. The summed E-state index contributed by atoms with van der Waals surface area (Å²) < 4.78 is 2.19. The van der Waals surface area contributed by atoms with E-state index < -0.39 is 0 Å². The highest BCUT2D eigenvalue weighted by Crippen LogP contribution is 2.19. The third-order valence-electron chi connectivity index (χ3n) is 2.64. The minimum absolute atomic E-state index is 0.281. The molecule has 0 radical (unpaired) electrons. The van der Waals surface area contributed by atoms with Gasteiger partial charge in [0.25, 0.3) is 0 Å². The summed E-state index contributed by atoms with van der Waals surface area (Å²) in [5.74, 6) is 0. The zero-order valence-electron chi connectivity index (χ0n) is 9.90. The molecule has 0 amide bonds. The molecule has 1 aromatic heterocycles. The van der Waals surface area contributed by atoms with E-state index >= 15 is 0 Å². The van der Waals surface area contributed by atoms with Crippen molar-refractivity contribution in [3.05, 3.63) is 47.8 Å². The Labute approximate surface area is 106 Å². The van der Waals surface area contributed by atoms with Crippen LogP contribution in [-0.2, 0) is 0 Å². The van der Waals surface area contributed by atoms with Crippen molar-refractivity contribution in [2.24, 2.45) is 5.73 Å². The third kappa shape index (κ3) is 2.47. The van der Waals surface area contributed by atoms with Gasteiger partial charge in [0.1, 0.15) is 0 Å². The highest BCUT2D eigenvalue weighted by Gasteiger charge is 2.04. The van der Waals surface area contributed by atoms with E-state index in [0.29, 0.717) is 0 Å². The summed E-state index contributed by atoms with van der Waals surface area (Å²) in [5.41, 5.74) is 9.88. The molecule has 0 saturated heterocycles. The van der Waals surface area contributed by atoms with Gasteiger partial charge in [-0.1, -0.05) is 6.07 Å². The molecule has 4 heteroatoms. The van der Waals surface area contributed by atoms with Gasteiger partial charge < -0.3 is 15.6 Å². The molecule has 1 heterocycles. The first-order valence-corrected chi connectivity index (χ1v) is 5.80. The van der Waals surface area contributed by atoms with Gasteiger partial charge in [-0.3, -0.25) is 0 Å². The van der Waals surface area contributed by atoms with E-state index in [9.17, 15) is 0 Å². The lowest BCUT2D eigenvalue weighted by molar-refractivity contribution is 0.966. The average Bonchev–Trinajstić information content (AvgIpc) is 2.58. The fourth-order valence-corrected chi connectivity index (χ4v) is 2.06. The minimum atomic E-state index is 0.281. The quantitative estimate of drug-likeness (QED) is 0.800. The largest absolute Gasteiger partial charge is 0.376 e. The predicted octanol–water partition coefficient (Wildman–Crippen LogP) is 2.75. The van der Waals surface area contributed by atoms with Crippen LogP contribution in [0.5, 0.6) is 0 Å². The SMILES string of the molecule is Cc1ccc(C)n1-c1cccc(NC(N)=S)c1. The number of thiocarbonyl (C=S) groups is 1. The van der Waals surface area contributed by atoms with Crippen LogP contribution in [0, 0.1) is 13.8 Å². The molecule has 0 aliphatic carbocycles. The van der Waals surface area contributed by atoms with E-state index in [1.807, 2.05) is 18.2 Å². The molecule has 0 bridgehead atoms. The van der Waals surface area contributed by atoms with Crippen molar-refractivity contribution in [2.75, 3.05) is 5.32 Å². The summed E-state index contributed by atoms with van der Waals surface area (Å²) in [6, 6.07) is 12.2. The Kier molecular flexibility index (Phi) is 3.15. The first-order valence-electron chi connectivity index (χ1n) is 5.40. The van der Waals surface area contributed by atoms with Gasteiger partial charge in [0, 0.05) is 22.8 Å². The second kappa shape index (κ2) is 4.59. The Morgan fingerprint density at radius 2 is 1.82 bits per heavy atom. The molecule has 2 rings (SSSR count). The molecule has 0 unspecified atom stereocenters. The fraction of sp³-hybridized carbons (Fsp3) is 0.154. The Balaban J connectivity index is 2.43. The van der Waals surface area contributed by atoms with Crippen LogP contribution < -0.4 is 11.1 Å². The van der Waals surface area contributed by atoms with Crippen molar-refractivity contribution in [3.63, 3.8) is 0 Å². The average molecular weight is 245 g/mol. The molecule has 0 saturated carbocycles. The van der Waals surface area contributed by atoms with E-state index in [4.69, 9.17) is 18.0 Å². The summed E-state index contributed by atoms with van der Waals surface area (Å²) in [6.07, 6.45) is 0. The van der Waals surface area contributed by atoms with Crippen LogP contribution in [0.2, 0.25) is 0 Å². The summed E-state index contributed by atoms with van der Waals surface area (Å²) in [4.78, 5) is 0. The molecule has 2 aromatic rings. The molecule has 0 aliphatic heterocycles. The van der Waals surface area contributed by atoms with E-state index in [1.54, 1.807) is 0 Å². The number of rotatable bonds is 2. The molecule has 0 spiro atoms. The van der Waals surface area contributed by atoms with Crippen molar-refractivity contribution < 1.29 is 0 Å². The van der Waals surface area contributed by atoms with Gasteiger partial charge in [0.2, 0.25) is 0 Å². The maximum Gasteiger partial charge on any atom is 0.168 e. The molecule has 3 N–H and O–H groups in total. The standard InChI is InChI=1S/C13H15N3S/c1-9-6-7-10(2)16(9)12-5-3-4-11(8-12)15-13(14)17/h3-8H,1-2H3,(H3,14,15,17). The van der Waals surface area contributed by atoms with E-state index in [2.05, 4.69) is 41.9 Å². The number of hydrogen-bond acceptors (Lipinski definition) is 1.